The Hall–Kier alpha value is -2.62. The normalized spacial score (nSPS) is 11.6. The quantitative estimate of drug-likeness (QED) is 0.593. The molecule has 30 heavy (non-hydrogen) atoms. The molecule has 3 aromatic rings. The molecule has 11 heteroatoms. The van der Waals surface area contributed by atoms with Gasteiger partial charge >= 0.3 is 5.97 Å². The Morgan fingerprint density at radius 3 is 2.40 bits per heavy atom. The number of hydrogen-bond donors (Lipinski definition) is 1. The largest absolute Gasteiger partial charge is 0.477 e. The van der Waals surface area contributed by atoms with Gasteiger partial charge < -0.3 is 9.67 Å². The van der Waals surface area contributed by atoms with Crippen molar-refractivity contribution in [3.63, 3.8) is 0 Å². The van der Waals surface area contributed by atoms with E-state index in [4.69, 9.17) is 23.2 Å². The molecule has 3 rings (SSSR count). The maximum atomic E-state index is 12.7. The zero-order valence-corrected chi connectivity index (χ0v) is 18.3. The number of rotatable bonds is 6. The minimum Gasteiger partial charge on any atom is -0.477 e. The third kappa shape index (κ3) is 4.28. The van der Waals surface area contributed by atoms with Crippen molar-refractivity contribution >= 4 is 39.0 Å². The summed E-state index contributed by atoms with van der Waals surface area (Å²) in [5.41, 5.74) is -0.164. The molecule has 0 amide bonds. The van der Waals surface area contributed by atoms with Crippen molar-refractivity contribution in [1.29, 1.82) is 0 Å². The Morgan fingerprint density at radius 2 is 1.90 bits per heavy atom. The molecular formula is C19H17Cl2N3O5S. The minimum atomic E-state index is -3.57. The fraction of sp³-hybridized carbons (Fsp3) is 0.211. The molecule has 0 aliphatic rings. The van der Waals surface area contributed by atoms with Gasteiger partial charge in [-0.25, -0.2) is 13.2 Å². The summed E-state index contributed by atoms with van der Waals surface area (Å²) in [7, 11) is -3.57. The predicted molar refractivity (Wildman–Crippen MR) is 113 cm³/mol. The van der Waals surface area contributed by atoms with Gasteiger partial charge in [0.05, 0.1) is 22.2 Å². The van der Waals surface area contributed by atoms with Crippen LogP contribution in [0.1, 0.15) is 23.0 Å². The summed E-state index contributed by atoms with van der Waals surface area (Å²) >= 11 is 12.0. The van der Waals surface area contributed by atoms with Crippen LogP contribution in [0.3, 0.4) is 0 Å². The van der Waals surface area contributed by atoms with E-state index < -0.39 is 26.8 Å². The van der Waals surface area contributed by atoms with Gasteiger partial charge in [0.2, 0.25) is 0 Å². The Morgan fingerprint density at radius 1 is 1.20 bits per heavy atom. The summed E-state index contributed by atoms with van der Waals surface area (Å²) in [5, 5.41) is 14.0. The zero-order chi connectivity index (χ0) is 22.2. The van der Waals surface area contributed by atoms with Crippen LogP contribution in [0.5, 0.6) is 0 Å². The number of benzene rings is 1. The van der Waals surface area contributed by atoms with Crippen LogP contribution in [-0.4, -0.2) is 40.1 Å². The number of carboxylic acid groups (broad SMARTS) is 1. The molecule has 2 aromatic heterocycles. The van der Waals surface area contributed by atoms with Crippen molar-refractivity contribution < 1.29 is 18.3 Å². The summed E-state index contributed by atoms with van der Waals surface area (Å²) in [5.74, 6) is -1.39. The summed E-state index contributed by atoms with van der Waals surface area (Å²) in [4.78, 5) is 24.5. The molecular weight excluding hydrogens is 453 g/mol. The third-order valence-corrected chi connectivity index (χ3v) is 6.25. The number of halogens is 2. The number of aromatic carboxylic acids is 1. The van der Waals surface area contributed by atoms with Gasteiger partial charge in [0.1, 0.15) is 5.56 Å². The zero-order valence-electron chi connectivity index (χ0n) is 16.0. The topological polar surface area (TPSA) is 111 Å². The molecule has 2 heterocycles. The summed E-state index contributed by atoms with van der Waals surface area (Å²) in [6, 6.07) is 6.91. The van der Waals surface area contributed by atoms with Crippen LogP contribution in [-0.2, 0) is 22.9 Å². The molecule has 0 radical (unpaired) electrons. The number of hydrogen-bond acceptors (Lipinski definition) is 5. The van der Waals surface area contributed by atoms with E-state index >= 15 is 0 Å². The van der Waals surface area contributed by atoms with E-state index in [1.807, 2.05) is 0 Å². The van der Waals surface area contributed by atoms with Crippen molar-refractivity contribution in [2.45, 2.75) is 24.9 Å². The second-order valence-electron chi connectivity index (χ2n) is 6.53. The average molecular weight is 470 g/mol. The van der Waals surface area contributed by atoms with E-state index in [-0.39, 0.29) is 27.3 Å². The van der Waals surface area contributed by atoms with Crippen molar-refractivity contribution in [3.8, 4) is 11.3 Å². The molecule has 158 valence electrons. The monoisotopic (exact) mass is 469 g/mol. The highest BCUT2D eigenvalue weighted by atomic mass is 35.5. The molecule has 0 spiro atoms. The van der Waals surface area contributed by atoms with Gasteiger partial charge in [-0.15, -0.1) is 0 Å². The van der Waals surface area contributed by atoms with Crippen LogP contribution in [0.15, 0.2) is 46.2 Å². The number of carboxylic acids is 1. The molecule has 0 bridgehead atoms. The molecule has 0 saturated carbocycles. The van der Waals surface area contributed by atoms with E-state index in [0.717, 1.165) is 6.26 Å². The number of sulfone groups is 1. The molecule has 0 unspecified atom stereocenters. The molecule has 1 N–H and O–H groups in total. The molecule has 0 fully saturated rings. The lowest BCUT2D eigenvalue weighted by Gasteiger charge is -2.20. The van der Waals surface area contributed by atoms with Crippen molar-refractivity contribution in [1.82, 2.24) is 14.3 Å². The van der Waals surface area contributed by atoms with Gasteiger partial charge in [-0.2, -0.15) is 5.10 Å². The van der Waals surface area contributed by atoms with E-state index in [2.05, 4.69) is 5.10 Å². The highest BCUT2D eigenvalue weighted by Crippen LogP contribution is 2.30. The third-order valence-electron chi connectivity index (χ3n) is 4.46. The summed E-state index contributed by atoms with van der Waals surface area (Å²) < 4.78 is 26.9. The van der Waals surface area contributed by atoms with Crippen molar-refractivity contribution in [3.05, 3.63) is 68.2 Å². The van der Waals surface area contributed by atoms with E-state index in [1.165, 1.54) is 28.9 Å². The Labute approximate surface area is 182 Å². The number of nitrogens with zero attached hydrogens (tertiary/aromatic N) is 3. The predicted octanol–water partition coefficient (Wildman–Crippen LogP) is 3.19. The van der Waals surface area contributed by atoms with Crippen molar-refractivity contribution in [2.24, 2.45) is 0 Å². The van der Waals surface area contributed by atoms with Gasteiger partial charge in [-0.05, 0) is 25.1 Å². The van der Waals surface area contributed by atoms with Gasteiger partial charge in [0.15, 0.2) is 20.4 Å². The molecule has 0 atom stereocenters. The smallest absolute Gasteiger partial charge is 0.341 e. The first kappa shape index (κ1) is 22.1. The van der Waals surface area contributed by atoms with Gasteiger partial charge in [0.25, 0.3) is 0 Å². The van der Waals surface area contributed by atoms with Crippen LogP contribution in [0, 0.1) is 0 Å². The first-order chi connectivity index (χ1) is 14.0. The van der Waals surface area contributed by atoms with Crippen LogP contribution in [0.2, 0.25) is 10.2 Å². The Balaban J connectivity index is 2.30. The SMILES string of the molecule is CCn1c(Cn2ccc(Cl)n2)cc(=O)c(C(=O)O)c1-c1ccc(S(C)(=O)=O)c(Cl)c1. The van der Waals surface area contributed by atoms with Crippen LogP contribution < -0.4 is 5.43 Å². The highest BCUT2D eigenvalue weighted by molar-refractivity contribution is 7.90. The molecule has 0 aliphatic carbocycles. The Kier molecular flexibility index (Phi) is 6.07. The van der Waals surface area contributed by atoms with Crippen LogP contribution in [0.4, 0.5) is 0 Å². The van der Waals surface area contributed by atoms with Crippen LogP contribution in [0.25, 0.3) is 11.3 Å². The lowest BCUT2D eigenvalue weighted by atomic mass is 10.0. The highest BCUT2D eigenvalue weighted by Gasteiger charge is 2.23. The van der Waals surface area contributed by atoms with E-state index in [1.54, 1.807) is 23.8 Å². The average Bonchev–Trinajstić information content (AvgIpc) is 3.04. The molecule has 8 nitrogen and oxygen atoms in total. The maximum absolute atomic E-state index is 12.7. The summed E-state index contributed by atoms with van der Waals surface area (Å²) in [6.07, 6.45) is 2.66. The van der Waals surface area contributed by atoms with Gasteiger partial charge in [-0.3, -0.25) is 9.48 Å². The number of carbonyl (C=O) groups is 1. The minimum absolute atomic E-state index is 0.0642. The first-order valence-corrected chi connectivity index (χ1v) is 11.4. The van der Waals surface area contributed by atoms with E-state index in [0.29, 0.717) is 17.8 Å². The molecule has 1 aromatic carbocycles. The first-order valence-electron chi connectivity index (χ1n) is 8.72. The standard InChI is InChI=1S/C19H17Cl2N3O5S/c1-3-24-12(10-23-7-6-16(21)22-23)9-14(25)17(19(26)27)18(24)11-4-5-15(13(20)8-11)30(2,28)29/h4-9H,3,10H2,1-2H3,(H,26,27). The summed E-state index contributed by atoms with van der Waals surface area (Å²) in [6.45, 7) is 2.31. The number of pyridine rings is 1. The van der Waals surface area contributed by atoms with E-state index in [9.17, 15) is 23.1 Å². The van der Waals surface area contributed by atoms with Crippen LogP contribution >= 0.6 is 23.2 Å². The fourth-order valence-corrected chi connectivity index (χ4v) is 4.72. The molecule has 0 saturated heterocycles. The molecule has 0 aliphatic heterocycles. The lowest BCUT2D eigenvalue weighted by Crippen LogP contribution is -2.24. The maximum Gasteiger partial charge on any atom is 0.341 e. The van der Waals surface area contributed by atoms with Gasteiger partial charge in [0, 0.05) is 36.3 Å². The van der Waals surface area contributed by atoms with Crippen molar-refractivity contribution in [2.75, 3.05) is 6.26 Å². The Bertz CT molecular complexity index is 1310. The lowest BCUT2D eigenvalue weighted by molar-refractivity contribution is 0.0695. The fourth-order valence-electron chi connectivity index (χ4n) is 3.24. The second-order valence-corrected chi connectivity index (χ2v) is 9.30. The number of aromatic nitrogens is 3. The van der Waals surface area contributed by atoms with Gasteiger partial charge in [-0.1, -0.05) is 29.3 Å². The second kappa shape index (κ2) is 8.25.